The van der Waals surface area contributed by atoms with E-state index in [0.29, 0.717) is 12.5 Å². The molecule has 1 rings (SSSR count). The van der Waals surface area contributed by atoms with E-state index in [9.17, 15) is 23.3 Å². The average molecular weight is 277 g/mol. The molecule has 0 spiro atoms. The Morgan fingerprint density at radius 1 is 1.47 bits per heavy atom. The summed E-state index contributed by atoms with van der Waals surface area (Å²) in [4.78, 5) is 9.66. The molecule has 0 saturated carbocycles. The van der Waals surface area contributed by atoms with Gasteiger partial charge >= 0.3 is 6.18 Å². The van der Waals surface area contributed by atoms with Crippen molar-refractivity contribution in [3.8, 4) is 0 Å². The average Bonchev–Trinajstić information content (AvgIpc) is 2.34. The number of nitro groups is 1. The molecule has 0 aliphatic rings. The molecule has 0 amide bonds. The van der Waals surface area contributed by atoms with E-state index in [2.05, 4.69) is 5.32 Å². The summed E-state index contributed by atoms with van der Waals surface area (Å²) in [5, 5.41) is 13.2. The number of nitro benzene ring substituents is 1. The van der Waals surface area contributed by atoms with Crippen LogP contribution >= 0.6 is 0 Å². The van der Waals surface area contributed by atoms with E-state index >= 15 is 0 Å². The van der Waals surface area contributed by atoms with Crippen LogP contribution in [-0.4, -0.2) is 17.5 Å². The van der Waals surface area contributed by atoms with Crippen molar-refractivity contribution in [3.05, 3.63) is 33.9 Å². The molecule has 0 aliphatic heterocycles. The molecule has 1 unspecified atom stereocenters. The molecule has 3 N–H and O–H groups in total. The Labute approximate surface area is 107 Å². The van der Waals surface area contributed by atoms with Gasteiger partial charge in [0.15, 0.2) is 0 Å². The van der Waals surface area contributed by atoms with Crippen molar-refractivity contribution in [1.82, 2.24) is 0 Å². The third-order valence-corrected chi connectivity index (χ3v) is 2.66. The normalized spacial score (nSPS) is 13.1. The van der Waals surface area contributed by atoms with E-state index < -0.39 is 22.4 Å². The lowest BCUT2D eigenvalue weighted by molar-refractivity contribution is -0.385. The zero-order valence-electron chi connectivity index (χ0n) is 10.2. The van der Waals surface area contributed by atoms with E-state index in [1.807, 2.05) is 0 Å². The Morgan fingerprint density at radius 2 is 2.11 bits per heavy atom. The van der Waals surface area contributed by atoms with Gasteiger partial charge in [-0.25, -0.2) is 0 Å². The zero-order valence-corrected chi connectivity index (χ0v) is 10.2. The fourth-order valence-corrected chi connectivity index (χ4v) is 1.55. The number of nitrogens with zero attached hydrogens (tertiary/aromatic N) is 1. The smallest absolute Gasteiger partial charge is 0.381 e. The van der Waals surface area contributed by atoms with Crippen LogP contribution in [0.4, 0.5) is 24.5 Å². The van der Waals surface area contributed by atoms with Crippen molar-refractivity contribution in [3.63, 3.8) is 0 Å². The largest absolute Gasteiger partial charge is 0.418 e. The van der Waals surface area contributed by atoms with Gasteiger partial charge in [-0.15, -0.1) is 0 Å². The highest BCUT2D eigenvalue weighted by Gasteiger charge is 2.35. The fourth-order valence-electron chi connectivity index (χ4n) is 1.55. The number of rotatable bonds is 5. The number of nitrogens with one attached hydrogen (secondary N) is 1. The molecule has 106 valence electrons. The number of alkyl halides is 3. The van der Waals surface area contributed by atoms with Crippen molar-refractivity contribution in [1.29, 1.82) is 0 Å². The molecule has 1 aromatic rings. The Hall–Kier alpha value is -1.83. The van der Waals surface area contributed by atoms with Crippen LogP contribution in [0.3, 0.4) is 0 Å². The van der Waals surface area contributed by atoms with Crippen LogP contribution in [0.1, 0.15) is 18.9 Å². The Kier molecular flexibility index (Phi) is 4.71. The molecule has 0 bridgehead atoms. The Bertz CT molecular complexity index is 459. The van der Waals surface area contributed by atoms with Gasteiger partial charge in [0.1, 0.15) is 0 Å². The van der Waals surface area contributed by atoms with E-state index in [1.54, 1.807) is 6.92 Å². The lowest BCUT2D eigenvalue weighted by atomic mass is 10.1. The summed E-state index contributed by atoms with van der Waals surface area (Å²) in [5.41, 5.74) is 3.56. The monoisotopic (exact) mass is 277 g/mol. The molecule has 1 aromatic carbocycles. The third kappa shape index (κ3) is 3.82. The maximum absolute atomic E-state index is 12.9. The van der Waals surface area contributed by atoms with Crippen molar-refractivity contribution in [2.24, 2.45) is 5.73 Å². The first-order chi connectivity index (χ1) is 8.79. The molecule has 8 heteroatoms. The second kappa shape index (κ2) is 5.87. The second-order valence-electron chi connectivity index (χ2n) is 3.97. The summed E-state index contributed by atoms with van der Waals surface area (Å²) < 4.78 is 38.6. The Balaban J connectivity index is 3.20. The van der Waals surface area contributed by atoms with Gasteiger partial charge in [0.05, 0.1) is 10.5 Å². The summed E-state index contributed by atoms with van der Waals surface area (Å²) in [5.74, 6) is 0. The van der Waals surface area contributed by atoms with Crippen LogP contribution in [0.2, 0.25) is 0 Å². The molecule has 1 atom stereocenters. The molecule has 0 saturated heterocycles. The van der Waals surface area contributed by atoms with Gasteiger partial charge in [-0.3, -0.25) is 10.1 Å². The van der Waals surface area contributed by atoms with Crippen LogP contribution in [0.5, 0.6) is 0 Å². The summed E-state index contributed by atoms with van der Waals surface area (Å²) in [6.45, 7) is 1.95. The fraction of sp³-hybridized carbons (Fsp3) is 0.455. The van der Waals surface area contributed by atoms with E-state index in [1.165, 1.54) is 0 Å². The third-order valence-electron chi connectivity index (χ3n) is 2.66. The van der Waals surface area contributed by atoms with Gasteiger partial charge in [-0.2, -0.15) is 13.2 Å². The molecular weight excluding hydrogens is 263 g/mol. The highest BCUT2D eigenvalue weighted by Crippen LogP contribution is 2.37. The number of benzene rings is 1. The molecule has 0 aliphatic carbocycles. The number of halogens is 3. The molecule has 0 fully saturated rings. The van der Waals surface area contributed by atoms with Crippen LogP contribution in [0, 0.1) is 10.1 Å². The molecule has 0 radical (unpaired) electrons. The summed E-state index contributed by atoms with van der Waals surface area (Å²) >= 11 is 0. The number of hydrogen-bond acceptors (Lipinski definition) is 4. The van der Waals surface area contributed by atoms with Gasteiger partial charge < -0.3 is 11.1 Å². The maximum Gasteiger partial charge on any atom is 0.418 e. The van der Waals surface area contributed by atoms with Gasteiger partial charge in [-0.1, -0.05) is 6.92 Å². The first-order valence-corrected chi connectivity index (χ1v) is 5.61. The van der Waals surface area contributed by atoms with Gasteiger partial charge in [-0.05, 0) is 12.5 Å². The van der Waals surface area contributed by atoms with Gasteiger partial charge in [0.2, 0.25) is 0 Å². The highest BCUT2D eigenvalue weighted by molar-refractivity contribution is 5.57. The zero-order chi connectivity index (χ0) is 14.6. The van der Waals surface area contributed by atoms with E-state index in [0.717, 1.165) is 12.1 Å². The van der Waals surface area contributed by atoms with Crippen molar-refractivity contribution < 1.29 is 18.1 Å². The SMILES string of the molecule is CCC(CN)Nc1ccc([N+](=O)[O-])cc1C(F)(F)F. The van der Waals surface area contributed by atoms with Crippen LogP contribution in [0.25, 0.3) is 0 Å². The minimum atomic E-state index is -4.67. The predicted molar refractivity (Wildman–Crippen MR) is 64.9 cm³/mol. The lowest BCUT2D eigenvalue weighted by Crippen LogP contribution is -2.29. The highest BCUT2D eigenvalue weighted by atomic mass is 19.4. The van der Waals surface area contributed by atoms with Crippen LogP contribution < -0.4 is 11.1 Å². The molecule has 19 heavy (non-hydrogen) atoms. The predicted octanol–water partition coefficient (Wildman–Crippen LogP) is 2.76. The van der Waals surface area contributed by atoms with Crippen LogP contribution in [0.15, 0.2) is 18.2 Å². The number of anilines is 1. The first kappa shape index (κ1) is 15.2. The Morgan fingerprint density at radius 3 is 2.53 bits per heavy atom. The maximum atomic E-state index is 12.9. The van der Waals surface area contributed by atoms with Crippen molar-refractivity contribution in [2.75, 3.05) is 11.9 Å². The quantitative estimate of drug-likeness (QED) is 0.640. The topological polar surface area (TPSA) is 81.2 Å². The number of non-ortho nitro benzene ring substituents is 1. The number of nitrogens with two attached hydrogens (primary N) is 1. The molecule has 5 nitrogen and oxygen atoms in total. The lowest BCUT2D eigenvalue weighted by Gasteiger charge is -2.19. The molecule has 0 aromatic heterocycles. The molecular formula is C11H14F3N3O2. The van der Waals surface area contributed by atoms with E-state index in [4.69, 9.17) is 5.73 Å². The van der Waals surface area contributed by atoms with Gasteiger partial charge in [0.25, 0.3) is 5.69 Å². The van der Waals surface area contributed by atoms with E-state index in [-0.39, 0.29) is 18.3 Å². The van der Waals surface area contributed by atoms with Gasteiger partial charge in [0, 0.05) is 30.4 Å². The van der Waals surface area contributed by atoms with Crippen LogP contribution in [-0.2, 0) is 6.18 Å². The summed E-state index contributed by atoms with van der Waals surface area (Å²) in [6, 6.07) is 2.29. The standard InChI is InChI=1S/C11H14F3N3O2/c1-2-7(6-15)16-10-4-3-8(17(18)19)5-9(10)11(12,13)14/h3-5,7,16H,2,6,15H2,1H3. The first-order valence-electron chi connectivity index (χ1n) is 5.61. The summed E-state index contributed by atoms with van der Waals surface area (Å²) in [7, 11) is 0. The molecule has 0 heterocycles. The number of hydrogen-bond donors (Lipinski definition) is 2. The minimum absolute atomic E-state index is 0.171. The second-order valence-corrected chi connectivity index (χ2v) is 3.97. The summed E-state index contributed by atoms with van der Waals surface area (Å²) in [6.07, 6.45) is -4.12. The minimum Gasteiger partial charge on any atom is -0.381 e. The van der Waals surface area contributed by atoms with Crippen molar-refractivity contribution in [2.45, 2.75) is 25.6 Å². The van der Waals surface area contributed by atoms with Crippen molar-refractivity contribution >= 4 is 11.4 Å².